The van der Waals surface area contributed by atoms with Crippen LogP contribution >= 0.6 is 0 Å². The molecule has 0 aliphatic carbocycles. The highest BCUT2D eigenvalue weighted by molar-refractivity contribution is 6.11. The Balaban J connectivity index is 3.22. The molecule has 0 atom stereocenters. The number of hydrogen-bond donors (Lipinski definition) is 0. The zero-order chi connectivity index (χ0) is 10.6. The van der Waals surface area contributed by atoms with E-state index in [0.29, 0.717) is 5.56 Å². The Morgan fingerprint density at radius 2 is 1.86 bits per heavy atom. The van der Waals surface area contributed by atoms with Gasteiger partial charge in [-0.2, -0.15) is 0 Å². The summed E-state index contributed by atoms with van der Waals surface area (Å²) in [5, 5.41) is 0. The zero-order valence-electron chi connectivity index (χ0n) is 7.82. The van der Waals surface area contributed by atoms with Gasteiger partial charge in [0.2, 0.25) is 0 Å². The van der Waals surface area contributed by atoms with E-state index in [2.05, 4.69) is 11.3 Å². The summed E-state index contributed by atoms with van der Waals surface area (Å²) in [5.41, 5.74) is 0.578. The van der Waals surface area contributed by atoms with Gasteiger partial charge in [-0.1, -0.05) is 24.8 Å². The van der Waals surface area contributed by atoms with Crippen LogP contribution in [0.3, 0.4) is 0 Å². The molecule has 0 unspecified atom stereocenters. The maximum atomic E-state index is 11.3. The lowest BCUT2D eigenvalue weighted by Crippen LogP contribution is -2.08. The van der Waals surface area contributed by atoms with Gasteiger partial charge in [0.05, 0.1) is 12.7 Å². The average Bonchev–Trinajstić information content (AvgIpc) is 2.27. The largest absolute Gasteiger partial charge is 0.465 e. The molecule has 0 fully saturated rings. The third kappa shape index (κ3) is 1.88. The number of carbonyl (C=O) groups excluding carboxylic acids is 2. The van der Waals surface area contributed by atoms with Crippen LogP contribution in [0.1, 0.15) is 20.7 Å². The summed E-state index contributed by atoms with van der Waals surface area (Å²) in [5.74, 6) is -0.804. The molecule has 0 saturated heterocycles. The van der Waals surface area contributed by atoms with Crippen molar-refractivity contribution in [3.8, 4) is 0 Å². The summed E-state index contributed by atoms with van der Waals surface area (Å²) in [6.45, 7) is 3.36. The Morgan fingerprint density at radius 1 is 1.29 bits per heavy atom. The smallest absolute Gasteiger partial charge is 0.338 e. The van der Waals surface area contributed by atoms with E-state index < -0.39 is 5.97 Å². The molecule has 0 spiro atoms. The summed E-state index contributed by atoms with van der Waals surface area (Å²) in [7, 11) is 1.28. The first-order valence-electron chi connectivity index (χ1n) is 4.04. The van der Waals surface area contributed by atoms with E-state index in [1.165, 1.54) is 13.2 Å². The van der Waals surface area contributed by atoms with E-state index in [1.54, 1.807) is 24.3 Å². The summed E-state index contributed by atoms with van der Waals surface area (Å²) < 4.78 is 4.55. The van der Waals surface area contributed by atoms with E-state index in [1.807, 2.05) is 0 Å². The number of ether oxygens (including phenoxy) is 1. The second-order valence-corrected chi connectivity index (χ2v) is 2.61. The maximum absolute atomic E-state index is 11.3. The Labute approximate surface area is 82.0 Å². The van der Waals surface area contributed by atoms with Gasteiger partial charge in [0.15, 0.2) is 5.78 Å². The molecule has 0 radical (unpaired) electrons. The highest BCUT2D eigenvalue weighted by Gasteiger charge is 2.14. The normalized spacial score (nSPS) is 9.21. The number of hydrogen-bond acceptors (Lipinski definition) is 3. The number of ketones is 1. The molecule has 0 aliphatic rings. The highest BCUT2D eigenvalue weighted by atomic mass is 16.5. The first-order chi connectivity index (χ1) is 6.70. The van der Waals surface area contributed by atoms with Crippen LogP contribution in [-0.4, -0.2) is 18.9 Å². The Hall–Kier alpha value is -1.90. The summed E-state index contributed by atoms with van der Waals surface area (Å²) in [6.07, 6.45) is 1.17. The summed E-state index contributed by atoms with van der Waals surface area (Å²) >= 11 is 0. The molecule has 3 heteroatoms. The lowest BCUT2D eigenvalue weighted by atomic mass is 10.0. The van der Waals surface area contributed by atoms with Crippen molar-refractivity contribution in [3.63, 3.8) is 0 Å². The minimum atomic E-state index is -0.518. The SMILES string of the molecule is C=CC(=O)c1ccccc1C(=O)OC. The predicted octanol–water partition coefficient (Wildman–Crippen LogP) is 1.84. The monoisotopic (exact) mass is 190 g/mol. The number of methoxy groups -OCH3 is 1. The van der Waals surface area contributed by atoms with Crippen molar-refractivity contribution in [1.29, 1.82) is 0 Å². The first kappa shape index (κ1) is 10.2. The van der Waals surface area contributed by atoms with Crippen molar-refractivity contribution in [1.82, 2.24) is 0 Å². The fourth-order valence-corrected chi connectivity index (χ4v) is 1.10. The fourth-order valence-electron chi connectivity index (χ4n) is 1.10. The molecule has 14 heavy (non-hydrogen) atoms. The van der Waals surface area contributed by atoms with Gasteiger partial charge in [0.25, 0.3) is 0 Å². The molecule has 0 aliphatic heterocycles. The van der Waals surface area contributed by atoms with Gasteiger partial charge in [-0.15, -0.1) is 0 Å². The molecule has 0 N–H and O–H groups in total. The lowest BCUT2D eigenvalue weighted by Gasteiger charge is -2.03. The van der Waals surface area contributed by atoms with Gasteiger partial charge in [0.1, 0.15) is 0 Å². The second-order valence-electron chi connectivity index (χ2n) is 2.61. The van der Waals surface area contributed by atoms with Crippen LogP contribution in [0.4, 0.5) is 0 Å². The van der Waals surface area contributed by atoms with E-state index in [4.69, 9.17) is 0 Å². The highest BCUT2D eigenvalue weighted by Crippen LogP contribution is 2.11. The molecule has 1 rings (SSSR count). The molecular weight excluding hydrogens is 180 g/mol. The van der Waals surface area contributed by atoms with Crippen LogP contribution in [0, 0.1) is 0 Å². The molecule has 72 valence electrons. The van der Waals surface area contributed by atoms with Crippen LogP contribution in [-0.2, 0) is 4.74 Å². The third-order valence-electron chi connectivity index (χ3n) is 1.78. The van der Waals surface area contributed by atoms with Crippen molar-refractivity contribution in [3.05, 3.63) is 48.0 Å². The van der Waals surface area contributed by atoms with Crippen molar-refractivity contribution >= 4 is 11.8 Å². The summed E-state index contributed by atoms with van der Waals surface area (Å²) in [6, 6.07) is 6.47. The van der Waals surface area contributed by atoms with Gasteiger partial charge in [-0.05, 0) is 12.1 Å². The Morgan fingerprint density at radius 3 is 2.36 bits per heavy atom. The molecule has 0 aromatic heterocycles. The quantitative estimate of drug-likeness (QED) is 0.415. The minimum absolute atomic E-state index is 0.264. The first-order valence-corrected chi connectivity index (χ1v) is 4.04. The van der Waals surface area contributed by atoms with Crippen molar-refractivity contribution in [2.24, 2.45) is 0 Å². The summed E-state index contributed by atoms with van der Waals surface area (Å²) in [4.78, 5) is 22.6. The van der Waals surface area contributed by atoms with Crippen LogP contribution in [0.2, 0.25) is 0 Å². The van der Waals surface area contributed by atoms with Gasteiger partial charge >= 0.3 is 5.97 Å². The van der Waals surface area contributed by atoms with Crippen molar-refractivity contribution < 1.29 is 14.3 Å². The standard InChI is InChI=1S/C11H10O3/c1-3-10(12)8-6-4-5-7-9(8)11(13)14-2/h3-7H,1H2,2H3. The topological polar surface area (TPSA) is 43.4 Å². The minimum Gasteiger partial charge on any atom is -0.465 e. The number of rotatable bonds is 3. The number of esters is 1. The maximum Gasteiger partial charge on any atom is 0.338 e. The predicted molar refractivity (Wildman–Crippen MR) is 52.3 cm³/mol. The van der Waals surface area contributed by atoms with Crippen LogP contribution in [0.5, 0.6) is 0 Å². The molecule has 0 heterocycles. The van der Waals surface area contributed by atoms with E-state index in [0.717, 1.165) is 0 Å². The Bertz CT molecular complexity index is 380. The fraction of sp³-hybridized carbons (Fsp3) is 0.0909. The molecule has 0 saturated carbocycles. The van der Waals surface area contributed by atoms with Gasteiger partial charge in [0, 0.05) is 5.56 Å². The molecule has 1 aromatic rings. The van der Waals surface area contributed by atoms with Gasteiger partial charge < -0.3 is 4.74 Å². The molecule has 0 bridgehead atoms. The third-order valence-corrected chi connectivity index (χ3v) is 1.78. The number of allylic oxidation sites excluding steroid dienone is 1. The van der Waals surface area contributed by atoms with Gasteiger partial charge in [-0.3, -0.25) is 4.79 Å². The van der Waals surface area contributed by atoms with Crippen LogP contribution < -0.4 is 0 Å². The molecule has 3 nitrogen and oxygen atoms in total. The van der Waals surface area contributed by atoms with Crippen molar-refractivity contribution in [2.45, 2.75) is 0 Å². The lowest BCUT2D eigenvalue weighted by molar-refractivity contribution is 0.0597. The van der Waals surface area contributed by atoms with Crippen LogP contribution in [0.25, 0.3) is 0 Å². The van der Waals surface area contributed by atoms with Crippen LogP contribution in [0.15, 0.2) is 36.9 Å². The van der Waals surface area contributed by atoms with Gasteiger partial charge in [-0.25, -0.2) is 4.79 Å². The van der Waals surface area contributed by atoms with E-state index in [9.17, 15) is 9.59 Å². The van der Waals surface area contributed by atoms with E-state index >= 15 is 0 Å². The molecule has 1 aromatic carbocycles. The zero-order valence-corrected chi connectivity index (χ0v) is 7.82. The Kier molecular flexibility index (Phi) is 3.18. The molecular formula is C11H10O3. The number of carbonyl (C=O) groups is 2. The number of benzene rings is 1. The molecule has 0 amide bonds. The van der Waals surface area contributed by atoms with Crippen molar-refractivity contribution in [2.75, 3.05) is 7.11 Å². The second kappa shape index (κ2) is 4.37. The average molecular weight is 190 g/mol. The van der Waals surface area contributed by atoms with E-state index in [-0.39, 0.29) is 11.3 Å².